The third-order valence-corrected chi connectivity index (χ3v) is 3.40. The molecule has 0 aliphatic carbocycles. The number of nitrogens with zero attached hydrogens (tertiary/aromatic N) is 2. The summed E-state index contributed by atoms with van der Waals surface area (Å²) in [5.74, 6) is 0. The van der Waals surface area contributed by atoms with Crippen LogP contribution in [0.3, 0.4) is 0 Å². The van der Waals surface area contributed by atoms with Gasteiger partial charge in [0.25, 0.3) is 5.69 Å². The minimum absolute atomic E-state index is 0.0211. The molecule has 19 heavy (non-hydrogen) atoms. The van der Waals surface area contributed by atoms with Gasteiger partial charge >= 0.3 is 0 Å². The number of anilines is 1. The first-order valence-electron chi connectivity index (χ1n) is 6.09. The molecule has 0 heterocycles. The second kappa shape index (κ2) is 5.99. The molecule has 0 saturated heterocycles. The molecule has 0 amide bonds. The van der Waals surface area contributed by atoms with Crippen molar-refractivity contribution in [1.29, 1.82) is 0 Å². The molecule has 6 heteroatoms. The van der Waals surface area contributed by atoms with Crippen molar-refractivity contribution in [3.05, 3.63) is 33.9 Å². The smallest absolute Gasteiger partial charge is 0.292 e. The van der Waals surface area contributed by atoms with Gasteiger partial charge in [-0.3, -0.25) is 15.0 Å². The van der Waals surface area contributed by atoms with Crippen LogP contribution in [-0.2, 0) is 6.54 Å². The number of rotatable bonds is 6. The van der Waals surface area contributed by atoms with Gasteiger partial charge in [0.05, 0.1) is 11.5 Å². The normalized spacial score (nSPS) is 11.7. The van der Waals surface area contributed by atoms with Crippen molar-refractivity contribution in [3.8, 4) is 0 Å². The Morgan fingerprint density at radius 3 is 2.58 bits per heavy atom. The van der Waals surface area contributed by atoms with Gasteiger partial charge in [0.2, 0.25) is 0 Å². The van der Waals surface area contributed by atoms with Gasteiger partial charge < -0.3 is 10.4 Å². The molecule has 1 rings (SSSR count). The summed E-state index contributed by atoms with van der Waals surface area (Å²) >= 11 is 0. The largest absolute Gasteiger partial charge is 0.394 e. The fourth-order valence-electron chi connectivity index (χ4n) is 1.75. The number of para-hydroxylation sites is 1. The Morgan fingerprint density at radius 2 is 2.11 bits per heavy atom. The lowest BCUT2D eigenvalue weighted by molar-refractivity contribution is -0.384. The van der Waals surface area contributed by atoms with E-state index < -0.39 is 4.92 Å². The summed E-state index contributed by atoms with van der Waals surface area (Å²) in [5.41, 5.74) is 1.04. The first-order chi connectivity index (χ1) is 8.83. The molecule has 0 radical (unpaired) electrons. The number of aliphatic hydroxyl groups excluding tert-OH is 1. The average molecular weight is 267 g/mol. The Hall–Kier alpha value is -1.66. The number of benzene rings is 1. The second-order valence-electron chi connectivity index (χ2n) is 5.14. The summed E-state index contributed by atoms with van der Waals surface area (Å²) in [6.07, 6.45) is 0. The molecular formula is C13H21N3O3. The van der Waals surface area contributed by atoms with E-state index in [2.05, 4.69) is 5.32 Å². The van der Waals surface area contributed by atoms with Crippen LogP contribution in [0.4, 0.5) is 11.4 Å². The third kappa shape index (κ3) is 3.42. The maximum atomic E-state index is 11.0. The summed E-state index contributed by atoms with van der Waals surface area (Å²) in [4.78, 5) is 12.6. The Morgan fingerprint density at radius 1 is 1.47 bits per heavy atom. The van der Waals surface area contributed by atoms with Crippen LogP contribution in [-0.4, -0.2) is 41.2 Å². The van der Waals surface area contributed by atoms with Crippen LogP contribution < -0.4 is 5.32 Å². The van der Waals surface area contributed by atoms with E-state index >= 15 is 0 Å². The molecule has 6 nitrogen and oxygen atoms in total. The predicted octanol–water partition coefficient (Wildman–Crippen LogP) is 1.84. The molecule has 0 aliphatic rings. The summed E-state index contributed by atoms with van der Waals surface area (Å²) in [5, 5.41) is 23.2. The third-order valence-electron chi connectivity index (χ3n) is 3.40. The van der Waals surface area contributed by atoms with E-state index in [0.29, 0.717) is 12.2 Å². The van der Waals surface area contributed by atoms with Gasteiger partial charge in [-0.05, 0) is 26.5 Å². The molecule has 0 unspecified atom stereocenters. The van der Waals surface area contributed by atoms with Crippen LogP contribution in [0.25, 0.3) is 0 Å². The number of nitro groups is 1. The predicted molar refractivity (Wildman–Crippen MR) is 75.3 cm³/mol. The zero-order valence-corrected chi connectivity index (χ0v) is 11.8. The first-order valence-corrected chi connectivity index (χ1v) is 6.09. The maximum Gasteiger partial charge on any atom is 0.292 e. The number of nitrogens with one attached hydrogen (secondary N) is 1. The van der Waals surface area contributed by atoms with Crippen molar-refractivity contribution < 1.29 is 10.0 Å². The van der Waals surface area contributed by atoms with Gasteiger partial charge in [0, 0.05) is 25.2 Å². The molecule has 0 spiro atoms. The number of aliphatic hydroxyl groups is 1. The summed E-state index contributed by atoms with van der Waals surface area (Å²) in [6.45, 7) is 4.38. The molecular weight excluding hydrogens is 246 g/mol. The Balaban J connectivity index is 3.08. The van der Waals surface area contributed by atoms with Crippen molar-refractivity contribution >= 4 is 11.4 Å². The van der Waals surface area contributed by atoms with Crippen LogP contribution >= 0.6 is 0 Å². The minimum Gasteiger partial charge on any atom is -0.394 e. The van der Waals surface area contributed by atoms with Gasteiger partial charge in [0.15, 0.2) is 0 Å². The SMILES string of the molecule is CNc1c(CN(C)C(C)(C)CO)cccc1[N+](=O)[O-]. The monoisotopic (exact) mass is 267 g/mol. The number of hydrogen-bond acceptors (Lipinski definition) is 5. The topological polar surface area (TPSA) is 78.6 Å². The molecule has 2 N–H and O–H groups in total. The zero-order valence-electron chi connectivity index (χ0n) is 11.8. The van der Waals surface area contributed by atoms with Crippen molar-refractivity contribution in [1.82, 2.24) is 4.90 Å². The van der Waals surface area contributed by atoms with Crippen molar-refractivity contribution in [2.75, 3.05) is 26.0 Å². The maximum absolute atomic E-state index is 11.0. The lowest BCUT2D eigenvalue weighted by atomic mass is 10.0. The first kappa shape index (κ1) is 15.4. The molecule has 0 aromatic heterocycles. The van der Waals surface area contributed by atoms with Gasteiger partial charge in [-0.15, -0.1) is 0 Å². The van der Waals surface area contributed by atoms with E-state index in [9.17, 15) is 15.2 Å². The van der Waals surface area contributed by atoms with Crippen LogP contribution in [0.5, 0.6) is 0 Å². The van der Waals surface area contributed by atoms with Crippen molar-refractivity contribution in [2.45, 2.75) is 25.9 Å². The highest BCUT2D eigenvalue weighted by Gasteiger charge is 2.24. The molecule has 0 saturated carbocycles. The molecule has 1 aromatic carbocycles. The molecule has 106 valence electrons. The zero-order chi connectivity index (χ0) is 14.6. The Bertz CT molecular complexity index is 460. The van der Waals surface area contributed by atoms with Crippen LogP contribution in [0.1, 0.15) is 19.4 Å². The number of nitro benzene ring substituents is 1. The standard InChI is InChI=1S/C13H21N3O3/c1-13(2,9-17)15(4)8-10-6-5-7-11(16(18)19)12(10)14-3/h5-7,14,17H,8-9H2,1-4H3. The highest BCUT2D eigenvalue weighted by molar-refractivity contribution is 5.66. The molecule has 1 aromatic rings. The molecule has 0 fully saturated rings. The highest BCUT2D eigenvalue weighted by atomic mass is 16.6. The fraction of sp³-hybridized carbons (Fsp3) is 0.538. The lowest BCUT2D eigenvalue weighted by Gasteiger charge is -2.34. The summed E-state index contributed by atoms with van der Waals surface area (Å²) in [6, 6.07) is 5.00. The van der Waals surface area contributed by atoms with E-state index in [1.807, 2.05) is 31.9 Å². The van der Waals surface area contributed by atoms with Crippen LogP contribution in [0.15, 0.2) is 18.2 Å². The van der Waals surface area contributed by atoms with Gasteiger partial charge in [-0.25, -0.2) is 0 Å². The molecule has 0 aliphatic heterocycles. The van der Waals surface area contributed by atoms with E-state index in [1.165, 1.54) is 6.07 Å². The molecule has 0 bridgehead atoms. The van der Waals surface area contributed by atoms with Crippen LogP contribution in [0.2, 0.25) is 0 Å². The fourth-order valence-corrected chi connectivity index (χ4v) is 1.75. The van der Waals surface area contributed by atoms with E-state index in [4.69, 9.17) is 0 Å². The summed E-state index contributed by atoms with van der Waals surface area (Å²) < 4.78 is 0. The van der Waals surface area contributed by atoms with E-state index in [0.717, 1.165) is 5.56 Å². The van der Waals surface area contributed by atoms with E-state index in [-0.39, 0.29) is 17.8 Å². The summed E-state index contributed by atoms with van der Waals surface area (Å²) in [7, 11) is 3.55. The van der Waals surface area contributed by atoms with Gasteiger partial charge in [0.1, 0.15) is 5.69 Å². The van der Waals surface area contributed by atoms with Gasteiger partial charge in [-0.1, -0.05) is 12.1 Å². The van der Waals surface area contributed by atoms with E-state index in [1.54, 1.807) is 13.1 Å². The highest BCUT2D eigenvalue weighted by Crippen LogP contribution is 2.29. The lowest BCUT2D eigenvalue weighted by Crippen LogP contribution is -2.43. The number of hydrogen-bond donors (Lipinski definition) is 2. The Kier molecular flexibility index (Phi) is 4.85. The second-order valence-corrected chi connectivity index (χ2v) is 5.14. The number of likely N-dealkylation sites (N-methyl/N-ethyl adjacent to an activating group) is 1. The van der Waals surface area contributed by atoms with Crippen molar-refractivity contribution in [2.24, 2.45) is 0 Å². The quantitative estimate of drug-likeness (QED) is 0.607. The molecule has 0 atom stereocenters. The minimum atomic E-state index is -0.396. The van der Waals surface area contributed by atoms with Gasteiger partial charge in [-0.2, -0.15) is 0 Å². The van der Waals surface area contributed by atoms with Crippen LogP contribution in [0, 0.1) is 10.1 Å². The average Bonchev–Trinajstić information content (AvgIpc) is 2.38. The van der Waals surface area contributed by atoms with Crippen molar-refractivity contribution in [3.63, 3.8) is 0 Å². The Labute approximate surface area is 113 Å².